The summed E-state index contributed by atoms with van der Waals surface area (Å²) >= 11 is 0. The number of rotatable bonds is 8. The van der Waals surface area contributed by atoms with E-state index in [1.807, 2.05) is 12.3 Å². The molecule has 0 saturated carbocycles. The number of hydrogen-bond acceptors (Lipinski definition) is 6. The van der Waals surface area contributed by atoms with E-state index >= 15 is 0 Å². The lowest BCUT2D eigenvalue weighted by Crippen LogP contribution is -2.30. The Kier molecular flexibility index (Phi) is 6.69. The van der Waals surface area contributed by atoms with Crippen LogP contribution in [0.4, 0.5) is 0 Å². The number of ether oxygens (including phenoxy) is 3. The van der Waals surface area contributed by atoms with Gasteiger partial charge in [0.05, 0.1) is 39.5 Å². The Labute approximate surface area is 174 Å². The Morgan fingerprint density at radius 1 is 1.03 bits per heavy atom. The van der Waals surface area contributed by atoms with Gasteiger partial charge in [-0.15, -0.1) is 0 Å². The smallest absolute Gasteiger partial charge is 0.307 e. The number of benzene rings is 2. The third kappa shape index (κ3) is 4.78. The van der Waals surface area contributed by atoms with Crippen LogP contribution in [0.1, 0.15) is 28.4 Å². The Morgan fingerprint density at radius 2 is 1.77 bits per heavy atom. The Balaban J connectivity index is 1.82. The third-order valence-electron chi connectivity index (χ3n) is 4.61. The maximum Gasteiger partial charge on any atom is 0.307 e. The van der Waals surface area contributed by atoms with Gasteiger partial charge in [-0.25, -0.2) is 4.68 Å². The number of aromatic nitrogens is 2. The first kappa shape index (κ1) is 20.9. The lowest BCUT2D eigenvalue weighted by atomic mass is 10.0. The summed E-state index contributed by atoms with van der Waals surface area (Å²) < 4.78 is 17.1. The SMILES string of the molecule is COC(=O)C[C@H](NC(=O)c1ccc(-n2cccn2)cc1)c1ccc(OC)c(OC)c1. The van der Waals surface area contributed by atoms with Gasteiger partial charge in [0.1, 0.15) is 0 Å². The standard InChI is InChI=1S/C22H23N3O5/c1-28-19-10-7-16(13-20(19)29-2)18(14-21(26)30-3)24-22(27)15-5-8-17(9-6-15)25-12-4-11-23-25/h4-13,18H,14H2,1-3H3,(H,24,27)/t18-/m0/s1. The van der Waals surface area contributed by atoms with E-state index in [1.165, 1.54) is 21.3 Å². The zero-order valence-corrected chi connectivity index (χ0v) is 17.0. The second-order valence-electron chi connectivity index (χ2n) is 6.42. The van der Waals surface area contributed by atoms with Crippen molar-refractivity contribution in [3.63, 3.8) is 0 Å². The number of amides is 1. The van der Waals surface area contributed by atoms with Crippen molar-refractivity contribution in [2.45, 2.75) is 12.5 Å². The molecule has 156 valence electrons. The summed E-state index contributed by atoms with van der Waals surface area (Å²) in [7, 11) is 4.37. The molecular weight excluding hydrogens is 386 g/mol. The molecule has 0 fully saturated rings. The van der Waals surface area contributed by atoms with E-state index in [2.05, 4.69) is 10.4 Å². The number of esters is 1. The minimum Gasteiger partial charge on any atom is -0.493 e. The molecule has 0 aliphatic heterocycles. The average Bonchev–Trinajstić information content (AvgIpc) is 3.33. The number of nitrogens with one attached hydrogen (secondary N) is 1. The zero-order chi connectivity index (χ0) is 21.5. The highest BCUT2D eigenvalue weighted by Gasteiger charge is 2.21. The van der Waals surface area contributed by atoms with Crippen LogP contribution in [0.2, 0.25) is 0 Å². The van der Waals surface area contributed by atoms with Crippen LogP contribution in [0, 0.1) is 0 Å². The highest BCUT2D eigenvalue weighted by Crippen LogP contribution is 2.31. The molecule has 0 unspecified atom stereocenters. The molecule has 8 nitrogen and oxygen atoms in total. The van der Waals surface area contributed by atoms with E-state index in [4.69, 9.17) is 14.2 Å². The molecule has 0 aliphatic rings. The van der Waals surface area contributed by atoms with Crippen LogP contribution in [0.15, 0.2) is 60.9 Å². The first-order chi connectivity index (χ1) is 14.5. The minimum atomic E-state index is -0.601. The second kappa shape index (κ2) is 9.60. The van der Waals surface area contributed by atoms with Crippen molar-refractivity contribution < 1.29 is 23.8 Å². The lowest BCUT2D eigenvalue weighted by Gasteiger charge is -2.20. The molecule has 1 N–H and O–H groups in total. The molecule has 1 aromatic heterocycles. The highest BCUT2D eigenvalue weighted by molar-refractivity contribution is 5.95. The van der Waals surface area contributed by atoms with Gasteiger partial charge in [-0.1, -0.05) is 6.07 Å². The summed E-state index contributed by atoms with van der Waals surface area (Å²) in [6, 6.07) is 13.5. The molecule has 1 heterocycles. The van der Waals surface area contributed by atoms with Crippen LogP contribution in [0.5, 0.6) is 11.5 Å². The molecule has 1 atom stereocenters. The summed E-state index contributed by atoms with van der Waals surface area (Å²) in [6.07, 6.45) is 3.47. The average molecular weight is 409 g/mol. The second-order valence-corrected chi connectivity index (χ2v) is 6.42. The quantitative estimate of drug-likeness (QED) is 0.575. The van der Waals surface area contributed by atoms with Crippen molar-refractivity contribution in [2.24, 2.45) is 0 Å². The summed E-state index contributed by atoms with van der Waals surface area (Å²) in [5.74, 6) is 0.302. The Morgan fingerprint density at radius 3 is 2.37 bits per heavy atom. The monoisotopic (exact) mass is 409 g/mol. The predicted octanol–water partition coefficient (Wildman–Crippen LogP) is 2.92. The summed E-state index contributed by atoms with van der Waals surface area (Å²) in [5, 5.41) is 7.06. The third-order valence-corrected chi connectivity index (χ3v) is 4.61. The molecule has 1 amide bonds. The van der Waals surface area contributed by atoms with Gasteiger partial charge in [-0.05, 0) is 48.0 Å². The maximum atomic E-state index is 12.8. The molecule has 30 heavy (non-hydrogen) atoms. The Bertz CT molecular complexity index is 1000. The van der Waals surface area contributed by atoms with E-state index in [0.717, 1.165) is 5.69 Å². The van der Waals surface area contributed by atoms with Gasteiger partial charge < -0.3 is 19.5 Å². The molecule has 8 heteroatoms. The van der Waals surface area contributed by atoms with Crippen LogP contribution in [-0.2, 0) is 9.53 Å². The summed E-state index contributed by atoms with van der Waals surface area (Å²) in [4.78, 5) is 24.8. The lowest BCUT2D eigenvalue weighted by molar-refractivity contribution is -0.141. The molecule has 3 aromatic rings. The van der Waals surface area contributed by atoms with Crippen molar-refractivity contribution in [1.82, 2.24) is 15.1 Å². The van der Waals surface area contributed by atoms with Crippen LogP contribution in [0.3, 0.4) is 0 Å². The molecule has 2 aromatic carbocycles. The number of carbonyl (C=O) groups is 2. The van der Waals surface area contributed by atoms with Crippen LogP contribution in [0.25, 0.3) is 5.69 Å². The van der Waals surface area contributed by atoms with E-state index in [0.29, 0.717) is 22.6 Å². The molecule has 3 rings (SSSR count). The first-order valence-electron chi connectivity index (χ1n) is 9.25. The van der Waals surface area contributed by atoms with Gasteiger partial charge >= 0.3 is 5.97 Å². The van der Waals surface area contributed by atoms with Crippen LogP contribution in [-0.4, -0.2) is 43.0 Å². The van der Waals surface area contributed by atoms with Gasteiger partial charge in [0.25, 0.3) is 5.91 Å². The zero-order valence-electron chi connectivity index (χ0n) is 17.0. The maximum absolute atomic E-state index is 12.8. The summed E-state index contributed by atoms with van der Waals surface area (Å²) in [6.45, 7) is 0. The first-order valence-corrected chi connectivity index (χ1v) is 9.25. The fraction of sp³-hybridized carbons (Fsp3) is 0.227. The molecular formula is C22H23N3O5. The van der Waals surface area contributed by atoms with E-state index in [1.54, 1.807) is 53.3 Å². The van der Waals surface area contributed by atoms with Crippen molar-refractivity contribution in [1.29, 1.82) is 0 Å². The molecule has 0 aliphatic carbocycles. The van der Waals surface area contributed by atoms with Crippen molar-refractivity contribution in [3.8, 4) is 17.2 Å². The fourth-order valence-corrected chi connectivity index (χ4v) is 3.00. The van der Waals surface area contributed by atoms with Crippen molar-refractivity contribution >= 4 is 11.9 Å². The molecule has 0 radical (unpaired) electrons. The number of hydrogen-bond donors (Lipinski definition) is 1. The van der Waals surface area contributed by atoms with Gasteiger partial charge in [0.15, 0.2) is 11.5 Å². The minimum absolute atomic E-state index is 0.0247. The van der Waals surface area contributed by atoms with E-state index < -0.39 is 12.0 Å². The highest BCUT2D eigenvalue weighted by atomic mass is 16.5. The van der Waals surface area contributed by atoms with Crippen LogP contribution >= 0.6 is 0 Å². The number of methoxy groups -OCH3 is 3. The van der Waals surface area contributed by atoms with Crippen molar-refractivity contribution in [2.75, 3.05) is 21.3 Å². The van der Waals surface area contributed by atoms with E-state index in [9.17, 15) is 9.59 Å². The van der Waals surface area contributed by atoms with Gasteiger partial charge in [0.2, 0.25) is 0 Å². The summed E-state index contributed by atoms with van der Waals surface area (Å²) in [5.41, 5.74) is 1.99. The molecule has 0 saturated heterocycles. The molecule has 0 bridgehead atoms. The number of nitrogens with zero attached hydrogens (tertiary/aromatic N) is 2. The predicted molar refractivity (Wildman–Crippen MR) is 110 cm³/mol. The van der Waals surface area contributed by atoms with Gasteiger partial charge in [0, 0.05) is 18.0 Å². The Hall–Kier alpha value is -3.81. The van der Waals surface area contributed by atoms with Gasteiger partial charge in [-0.3, -0.25) is 9.59 Å². The number of carbonyl (C=O) groups excluding carboxylic acids is 2. The van der Waals surface area contributed by atoms with Crippen molar-refractivity contribution in [3.05, 3.63) is 72.1 Å². The van der Waals surface area contributed by atoms with E-state index in [-0.39, 0.29) is 12.3 Å². The molecule has 0 spiro atoms. The fourth-order valence-electron chi connectivity index (χ4n) is 3.00. The van der Waals surface area contributed by atoms with Crippen LogP contribution < -0.4 is 14.8 Å². The topological polar surface area (TPSA) is 91.7 Å². The van der Waals surface area contributed by atoms with Gasteiger partial charge in [-0.2, -0.15) is 5.10 Å². The normalized spacial score (nSPS) is 11.4. The largest absolute Gasteiger partial charge is 0.493 e.